The first-order valence-corrected chi connectivity index (χ1v) is 19.0. The van der Waals surface area contributed by atoms with Crippen LogP contribution in [0.4, 0.5) is 17.1 Å². The van der Waals surface area contributed by atoms with Gasteiger partial charge in [0.2, 0.25) is 0 Å². The lowest BCUT2D eigenvalue weighted by molar-refractivity contribution is -0.114. The Balaban J connectivity index is 0.000000179. The summed E-state index contributed by atoms with van der Waals surface area (Å²) in [5, 5.41) is 25.0. The van der Waals surface area contributed by atoms with Crippen molar-refractivity contribution in [2.75, 3.05) is 15.9 Å². The van der Waals surface area contributed by atoms with Crippen LogP contribution in [0.5, 0.6) is 0 Å². The van der Waals surface area contributed by atoms with E-state index in [1.54, 1.807) is 67.0 Å². The van der Waals surface area contributed by atoms with Crippen LogP contribution in [0.15, 0.2) is 210 Å². The quantitative estimate of drug-likeness (QED) is 0.0326. The zero-order valence-electron chi connectivity index (χ0n) is 33.7. The summed E-state index contributed by atoms with van der Waals surface area (Å²) in [6, 6.07) is 61.9. The molecule has 1 aromatic heterocycles. The second-order valence-electron chi connectivity index (χ2n) is 12.7. The lowest BCUT2D eigenvalue weighted by Crippen LogP contribution is -2.24. The number of ketones is 1. The van der Waals surface area contributed by atoms with E-state index >= 15 is 0 Å². The van der Waals surface area contributed by atoms with Gasteiger partial charge in [-0.05, 0) is 53.6 Å². The molecule has 7 aromatic carbocycles. The summed E-state index contributed by atoms with van der Waals surface area (Å²) in [5.41, 5.74) is 11.9. The number of para-hydroxylation sites is 4. The van der Waals surface area contributed by atoms with Gasteiger partial charge >= 0.3 is 11.9 Å². The van der Waals surface area contributed by atoms with Crippen molar-refractivity contribution < 1.29 is 29.8 Å². The number of carboxylic acids is 1. The average Bonchev–Trinajstić information content (AvgIpc) is 3.88. The molecule has 0 aliphatic carbocycles. The van der Waals surface area contributed by atoms with E-state index in [9.17, 15) is 19.2 Å². The van der Waals surface area contributed by atoms with Crippen molar-refractivity contribution in [1.82, 2.24) is 10.2 Å². The van der Waals surface area contributed by atoms with E-state index in [4.69, 9.17) is 10.9 Å². The number of benzene rings is 7. The number of carboxylic acid groups (broad SMARTS) is 1. The van der Waals surface area contributed by atoms with Gasteiger partial charge in [0, 0.05) is 16.6 Å². The highest BCUT2D eigenvalue weighted by Gasteiger charge is 2.35. The number of Topliss-reactive ketones (excluding diaryl/α,β-unsaturated/α-hetero) is 1. The van der Waals surface area contributed by atoms with Gasteiger partial charge in [0.05, 0.1) is 34.9 Å². The Morgan fingerprint density at radius 3 is 1.62 bits per heavy atom. The average molecular weight is 841 g/mol. The summed E-state index contributed by atoms with van der Waals surface area (Å²) >= 11 is 0. The van der Waals surface area contributed by atoms with Crippen molar-refractivity contribution in [2.45, 2.75) is 0 Å². The van der Waals surface area contributed by atoms with Crippen LogP contribution in [0.1, 0.15) is 42.3 Å². The first-order chi connectivity index (χ1) is 30.4. The minimum atomic E-state index is -1.01. The Hall–Kier alpha value is -8.85. The van der Waals surface area contributed by atoms with Crippen molar-refractivity contribution >= 4 is 64.3 Å². The molecule has 1 aliphatic heterocycles. The fourth-order valence-corrected chi connectivity index (χ4v) is 5.37. The summed E-state index contributed by atoms with van der Waals surface area (Å²) < 4.78 is 0. The summed E-state index contributed by atoms with van der Waals surface area (Å²) in [6.07, 6.45) is 4.19. The molecular formula is C49H44N8O6. The summed E-state index contributed by atoms with van der Waals surface area (Å²) in [6.45, 7) is 0. The number of carbonyl (C=O) groups is 4. The molecule has 14 nitrogen and oxygen atoms in total. The molecule has 63 heavy (non-hydrogen) atoms. The predicted molar refractivity (Wildman–Crippen MR) is 249 cm³/mol. The molecule has 9 rings (SSSR count). The van der Waals surface area contributed by atoms with Gasteiger partial charge in [-0.2, -0.15) is 20.3 Å². The van der Waals surface area contributed by atoms with Crippen LogP contribution < -0.4 is 21.7 Å². The van der Waals surface area contributed by atoms with Crippen molar-refractivity contribution in [1.29, 1.82) is 0 Å². The highest BCUT2D eigenvalue weighted by Crippen LogP contribution is 2.28. The number of hydrazine groups is 1. The number of aromatic carboxylic acids is 1. The number of amides is 1. The van der Waals surface area contributed by atoms with Crippen LogP contribution in [0.25, 0.3) is 10.9 Å². The van der Waals surface area contributed by atoms with E-state index < -0.39 is 17.7 Å². The summed E-state index contributed by atoms with van der Waals surface area (Å²) in [4.78, 5) is 44.2. The third-order valence-electron chi connectivity index (χ3n) is 8.41. The molecule has 0 unspecified atom stereocenters. The number of hydrogen-bond donors (Lipinski definition) is 5. The molecule has 0 radical (unpaired) electrons. The number of aromatic nitrogens is 2. The Morgan fingerprint density at radius 1 is 0.619 bits per heavy atom. The predicted octanol–water partition coefficient (Wildman–Crippen LogP) is 8.29. The fraction of sp³-hybridized carbons (Fsp3) is 0. The van der Waals surface area contributed by atoms with Crippen LogP contribution in [0, 0.1) is 0 Å². The molecule has 14 heteroatoms. The number of nitrogen functional groups attached to an aromatic ring is 1. The molecule has 1 aliphatic rings. The second kappa shape index (κ2) is 25.6. The SMILES string of the molecule is C(=N\Nc1ccccc1)/c1ccccc1.NNc1ccccc1.O.O=C(O)c1n[nH]c2ccccc12.O=C1C(=O)N(/N=C/c2ccccc2)c2ccccc21.O=Cc1ccccc1. The molecule has 8 N–H and O–H groups in total. The molecule has 0 spiro atoms. The number of aldehydes is 1. The molecule has 0 saturated carbocycles. The monoisotopic (exact) mass is 840 g/mol. The number of rotatable bonds is 8. The summed E-state index contributed by atoms with van der Waals surface area (Å²) in [7, 11) is 0. The number of hydrazone groups is 2. The Morgan fingerprint density at radius 2 is 1.10 bits per heavy atom. The molecule has 0 saturated heterocycles. The number of aromatic amines is 1. The number of nitrogens with zero attached hydrogens (tertiary/aromatic N) is 4. The van der Waals surface area contributed by atoms with Gasteiger partial charge in [-0.3, -0.25) is 30.8 Å². The normalized spacial score (nSPS) is 10.9. The largest absolute Gasteiger partial charge is 0.476 e. The molecule has 0 bridgehead atoms. The highest BCUT2D eigenvalue weighted by molar-refractivity contribution is 6.52. The number of H-pyrrole nitrogens is 1. The molecule has 316 valence electrons. The topological polar surface area (TPSA) is 227 Å². The number of anilines is 3. The standard InChI is InChI=1S/C15H10N2O2.C13H12N2.C8H6N2O2.C7H6O.C6H8N2.H2O/c18-14-12-8-4-5-9-13(12)17(15(14)19)16-10-11-6-2-1-3-7-11;1-3-7-12(8-4-1)11-14-15-13-9-5-2-6-10-13;11-8(12)7-5-3-1-2-4-6(5)9-10-7;8-6-7-4-2-1-3-5-7;7-8-6-4-2-1-3-5-6;/h1-10H;1-11,15H;1-4H,(H,9,10)(H,11,12);1-6H;1-5,8H,7H2;1H2/b16-10+;14-11+;;;;. The van der Waals surface area contributed by atoms with Crippen LogP contribution >= 0.6 is 0 Å². The van der Waals surface area contributed by atoms with E-state index in [2.05, 4.69) is 31.3 Å². The van der Waals surface area contributed by atoms with E-state index in [-0.39, 0.29) is 11.2 Å². The smallest absolute Gasteiger partial charge is 0.357 e. The Labute approximate surface area is 363 Å². The molecule has 0 atom stereocenters. The van der Waals surface area contributed by atoms with E-state index in [0.29, 0.717) is 16.6 Å². The molecule has 0 fully saturated rings. The van der Waals surface area contributed by atoms with E-state index in [0.717, 1.165) is 44.9 Å². The molecule has 2 heterocycles. The maximum atomic E-state index is 11.8. The third kappa shape index (κ3) is 14.7. The lowest BCUT2D eigenvalue weighted by atomic mass is 10.1. The zero-order valence-corrected chi connectivity index (χ0v) is 33.7. The van der Waals surface area contributed by atoms with Gasteiger partial charge in [-0.15, -0.1) is 0 Å². The van der Waals surface area contributed by atoms with Crippen molar-refractivity contribution in [3.8, 4) is 0 Å². The Kier molecular flexibility index (Phi) is 19.0. The highest BCUT2D eigenvalue weighted by atomic mass is 16.4. The zero-order chi connectivity index (χ0) is 43.8. The molecular weight excluding hydrogens is 797 g/mol. The van der Waals surface area contributed by atoms with E-state index in [1.807, 2.05) is 146 Å². The molecule has 1 amide bonds. The van der Waals surface area contributed by atoms with Gasteiger partial charge in [0.1, 0.15) is 6.29 Å². The van der Waals surface area contributed by atoms with Crippen molar-refractivity contribution in [3.63, 3.8) is 0 Å². The Bertz CT molecular complexity index is 2680. The van der Waals surface area contributed by atoms with Gasteiger partial charge in [0.15, 0.2) is 5.69 Å². The third-order valence-corrected chi connectivity index (χ3v) is 8.41. The van der Waals surface area contributed by atoms with Crippen LogP contribution in [0.2, 0.25) is 0 Å². The minimum Gasteiger partial charge on any atom is -0.476 e. The maximum absolute atomic E-state index is 11.8. The number of fused-ring (bicyclic) bond motifs is 2. The fourth-order valence-electron chi connectivity index (χ4n) is 5.37. The first kappa shape index (κ1) is 46.8. The minimum absolute atomic E-state index is 0. The molecule has 8 aromatic rings. The van der Waals surface area contributed by atoms with Crippen LogP contribution in [-0.4, -0.2) is 57.2 Å². The van der Waals surface area contributed by atoms with Gasteiger partial charge in [0.25, 0.3) is 5.78 Å². The number of nitrogens with two attached hydrogens (primary N) is 1. The maximum Gasteiger partial charge on any atom is 0.357 e. The van der Waals surface area contributed by atoms with Crippen molar-refractivity contribution in [2.24, 2.45) is 16.0 Å². The summed E-state index contributed by atoms with van der Waals surface area (Å²) in [5.74, 6) is 2.96. The second-order valence-corrected chi connectivity index (χ2v) is 12.7. The number of hydrogen-bond acceptors (Lipinski definition) is 10. The van der Waals surface area contributed by atoms with Gasteiger partial charge in [-0.1, -0.05) is 158 Å². The van der Waals surface area contributed by atoms with Crippen LogP contribution in [-0.2, 0) is 4.79 Å². The van der Waals surface area contributed by atoms with E-state index in [1.165, 1.54) is 0 Å². The van der Waals surface area contributed by atoms with Gasteiger partial charge < -0.3 is 16.0 Å². The first-order valence-electron chi connectivity index (χ1n) is 19.0. The lowest BCUT2D eigenvalue weighted by Gasteiger charge is -2.08. The van der Waals surface area contributed by atoms with Crippen molar-refractivity contribution in [3.05, 3.63) is 228 Å². The number of nitrogens with one attached hydrogen (secondary N) is 3. The number of carbonyl (C=O) groups excluding carboxylic acids is 3. The van der Waals surface area contributed by atoms with Crippen LogP contribution in [0.3, 0.4) is 0 Å². The van der Waals surface area contributed by atoms with Gasteiger partial charge in [-0.25, -0.2) is 4.79 Å².